The number of rotatable bonds is 7. The summed E-state index contributed by atoms with van der Waals surface area (Å²) in [5.41, 5.74) is 4.60. The summed E-state index contributed by atoms with van der Waals surface area (Å²) in [7, 11) is 0. The zero-order chi connectivity index (χ0) is 26.5. The molecule has 2 amide bonds. The van der Waals surface area contributed by atoms with Crippen LogP contribution in [0.15, 0.2) is 90.0 Å². The van der Waals surface area contributed by atoms with Gasteiger partial charge in [0.2, 0.25) is 11.8 Å². The van der Waals surface area contributed by atoms with E-state index < -0.39 is 16.8 Å². The number of para-hydroxylation sites is 1. The Morgan fingerprint density at radius 2 is 1.42 bits per heavy atom. The van der Waals surface area contributed by atoms with Gasteiger partial charge >= 0.3 is 0 Å². The van der Waals surface area contributed by atoms with Crippen molar-refractivity contribution in [2.75, 3.05) is 26.3 Å². The summed E-state index contributed by atoms with van der Waals surface area (Å²) < 4.78 is 5.45. The maximum absolute atomic E-state index is 13.9. The Morgan fingerprint density at radius 1 is 0.868 bits per heavy atom. The van der Waals surface area contributed by atoms with Crippen LogP contribution in [0.1, 0.15) is 28.5 Å². The fourth-order valence-corrected chi connectivity index (χ4v) is 5.56. The molecule has 0 aromatic heterocycles. The minimum absolute atomic E-state index is 0.0171. The third-order valence-electron chi connectivity index (χ3n) is 7.34. The molecule has 2 fully saturated rings. The second kappa shape index (κ2) is 11.4. The summed E-state index contributed by atoms with van der Waals surface area (Å²) in [6, 6.07) is 25.4. The molecule has 0 radical (unpaired) electrons. The standard InChI is InChI=1S/C29H28N4O5/c34-28(31-30-19-22-13-7-8-14-23(22)33(36)37)26-24(20-9-3-1-4-10-20)27(25(26)21-11-5-2-6-12-21)29(35)32-15-17-38-18-16-32/h1-14,19,24-27H,15-18H2,(H,31,34)/b30-19+. The highest BCUT2D eigenvalue weighted by Crippen LogP contribution is 2.58. The van der Waals surface area contributed by atoms with Crippen LogP contribution in [0.4, 0.5) is 5.69 Å². The molecule has 2 unspecified atom stereocenters. The predicted molar refractivity (Wildman–Crippen MR) is 142 cm³/mol. The number of amides is 2. The van der Waals surface area contributed by atoms with Gasteiger partial charge in [-0.25, -0.2) is 5.43 Å². The van der Waals surface area contributed by atoms with Gasteiger partial charge < -0.3 is 9.64 Å². The number of ether oxygens (including phenoxy) is 1. The lowest BCUT2D eigenvalue weighted by Gasteiger charge is -2.52. The number of nitrogens with one attached hydrogen (secondary N) is 1. The average molecular weight is 513 g/mol. The molecule has 1 aliphatic heterocycles. The highest BCUT2D eigenvalue weighted by atomic mass is 16.6. The Kier molecular flexibility index (Phi) is 7.55. The van der Waals surface area contributed by atoms with E-state index in [2.05, 4.69) is 10.5 Å². The number of nitro benzene ring substituents is 1. The summed E-state index contributed by atoms with van der Waals surface area (Å²) >= 11 is 0. The van der Waals surface area contributed by atoms with Gasteiger partial charge in [0.25, 0.3) is 5.69 Å². The SMILES string of the molecule is O=C(N/N=C/c1ccccc1[N+](=O)[O-])C1C(c2ccccc2)C(C(=O)N2CCOCC2)C1c1ccccc1. The maximum Gasteiger partial charge on any atom is 0.278 e. The van der Waals surface area contributed by atoms with Crippen molar-refractivity contribution in [1.29, 1.82) is 0 Å². The molecule has 3 aromatic carbocycles. The summed E-state index contributed by atoms with van der Waals surface area (Å²) in [6.07, 6.45) is 1.28. The van der Waals surface area contributed by atoms with Gasteiger partial charge in [0, 0.05) is 31.0 Å². The number of benzene rings is 3. The lowest BCUT2D eigenvalue weighted by Crippen LogP contribution is -2.57. The molecule has 2 atom stereocenters. The topological polar surface area (TPSA) is 114 Å². The first-order chi connectivity index (χ1) is 18.6. The average Bonchev–Trinajstić information content (AvgIpc) is 2.94. The van der Waals surface area contributed by atoms with Crippen molar-refractivity contribution in [1.82, 2.24) is 10.3 Å². The molecule has 9 heteroatoms. The van der Waals surface area contributed by atoms with Gasteiger partial charge in [0.15, 0.2) is 0 Å². The van der Waals surface area contributed by atoms with Crippen LogP contribution in [0.25, 0.3) is 0 Å². The molecule has 1 saturated heterocycles. The Hall–Kier alpha value is -4.37. The lowest BCUT2D eigenvalue weighted by atomic mass is 9.51. The minimum Gasteiger partial charge on any atom is -0.378 e. The summed E-state index contributed by atoms with van der Waals surface area (Å²) in [6.45, 7) is 2.04. The highest BCUT2D eigenvalue weighted by molar-refractivity contribution is 5.91. The molecule has 9 nitrogen and oxygen atoms in total. The molecular formula is C29H28N4O5. The predicted octanol–water partition coefficient (Wildman–Crippen LogP) is 3.72. The smallest absolute Gasteiger partial charge is 0.278 e. The van der Waals surface area contributed by atoms with E-state index in [1.54, 1.807) is 18.2 Å². The first kappa shape index (κ1) is 25.3. The molecule has 0 spiro atoms. The largest absolute Gasteiger partial charge is 0.378 e. The van der Waals surface area contributed by atoms with Gasteiger partial charge in [0.05, 0.1) is 41.8 Å². The number of nitrogens with zero attached hydrogens (tertiary/aromatic N) is 3. The van der Waals surface area contributed by atoms with E-state index in [9.17, 15) is 19.7 Å². The Morgan fingerprint density at radius 3 is 2.00 bits per heavy atom. The molecule has 1 aliphatic carbocycles. The number of morpholine rings is 1. The second-order valence-electron chi connectivity index (χ2n) is 9.41. The van der Waals surface area contributed by atoms with E-state index in [0.29, 0.717) is 26.3 Å². The number of carbonyl (C=O) groups excluding carboxylic acids is 2. The van der Waals surface area contributed by atoms with Crippen molar-refractivity contribution in [3.63, 3.8) is 0 Å². The number of nitro groups is 1. The molecule has 1 heterocycles. The normalized spacial score (nSPS) is 23.0. The van der Waals surface area contributed by atoms with Crippen LogP contribution in [0.3, 0.4) is 0 Å². The molecule has 5 rings (SSSR count). The quantitative estimate of drug-likeness (QED) is 0.294. The van der Waals surface area contributed by atoms with Crippen molar-refractivity contribution in [2.24, 2.45) is 16.9 Å². The first-order valence-electron chi connectivity index (χ1n) is 12.6. The van der Waals surface area contributed by atoms with Gasteiger partial charge in [-0.2, -0.15) is 5.10 Å². The van der Waals surface area contributed by atoms with Crippen LogP contribution in [-0.4, -0.2) is 54.2 Å². The number of hydrogen-bond donors (Lipinski definition) is 1. The fourth-order valence-electron chi connectivity index (χ4n) is 5.56. The van der Waals surface area contributed by atoms with Gasteiger partial charge in [-0.15, -0.1) is 0 Å². The Labute approximate surface area is 220 Å². The Bertz CT molecular complexity index is 1280. The summed E-state index contributed by atoms with van der Waals surface area (Å²) in [5.74, 6) is -2.00. The van der Waals surface area contributed by atoms with Crippen LogP contribution >= 0.6 is 0 Å². The number of hydrazone groups is 1. The van der Waals surface area contributed by atoms with E-state index in [4.69, 9.17) is 4.74 Å². The first-order valence-corrected chi connectivity index (χ1v) is 12.6. The van der Waals surface area contributed by atoms with Crippen molar-refractivity contribution >= 4 is 23.7 Å². The summed E-state index contributed by atoms with van der Waals surface area (Å²) in [4.78, 5) is 40.2. The van der Waals surface area contributed by atoms with Crippen molar-refractivity contribution in [2.45, 2.75) is 11.8 Å². The molecule has 194 valence electrons. The molecule has 38 heavy (non-hydrogen) atoms. The number of carbonyl (C=O) groups is 2. The van der Waals surface area contributed by atoms with E-state index in [1.807, 2.05) is 65.6 Å². The van der Waals surface area contributed by atoms with Gasteiger partial charge in [-0.3, -0.25) is 19.7 Å². The van der Waals surface area contributed by atoms with E-state index in [0.717, 1.165) is 11.1 Å². The van der Waals surface area contributed by atoms with Gasteiger partial charge in [0.1, 0.15) is 0 Å². The van der Waals surface area contributed by atoms with Crippen LogP contribution in [0, 0.1) is 22.0 Å². The molecular weight excluding hydrogens is 484 g/mol. The van der Waals surface area contributed by atoms with Crippen molar-refractivity contribution in [3.05, 3.63) is 112 Å². The molecule has 3 aromatic rings. The van der Waals surface area contributed by atoms with Crippen LogP contribution in [0.2, 0.25) is 0 Å². The number of hydrogen-bond acceptors (Lipinski definition) is 6. The zero-order valence-electron chi connectivity index (χ0n) is 20.7. The monoisotopic (exact) mass is 512 g/mol. The van der Waals surface area contributed by atoms with E-state index in [-0.39, 0.29) is 34.9 Å². The van der Waals surface area contributed by atoms with E-state index in [1.165, 1.54) is 12.3 Å². The van der Waals surface area contributed by atoms with Crippen LogP contribution in [-0.2, 0) is 14.3 Å². The van der Waals surface area contributed by atoms with Crippen molar-refractivity contribution < 1.29 is 19.2 Å². The maximum atomic E-state index is 13.9. The van der Waals surface area contributed by atoms with Crippen LogP contribution < -0.4 is 5.43 Å². The van der Waals surface area contributed by atoms with Crippen LogP contribution in [0.5, 0.6) is 0 Å². The highest BCUT2D eigenvalue weighted by Gasteiger charge is 2.58. The molecule has 1 N–H and O–H groups in total. The Balaban J connectivity index is 1.47. The molecule has 1 saturated carbocycles. The summed E-state index contributed by atoms with van der Waals surface area (Å²) in [5, 5.41) is 15.4. The molecule has 0 bridgehead atoms. The van der Waals surface area contributed by atoms with Gasteiger partial charge in [-0.1, -0.05) is 72.8 Å². The minimum atomic E-state index is -0.558. The van der Waals surface area contributed by atoms with Gasteiger partial charge in [-0.05, 0) is 17.2 Å². The third kappa shape index (κ3) is 5.05. The van der Waals surface area contributed by atoms with Crippen molar-refractivity contribution in [3.8, 4) is 0 Å². The zero-order valence-corrected chi connectivity index (χ0v) is 20.7. The fraction of sp³-hybridized carbons (Fsp3) is 0.276. The van der Waals surface area contributed by atoms with E-state index >= 15 is 0 Å². The molecule has 2 aliphatic rings. The third-order valence-corrected chi connectivity index (χ3v) is 7.34. The lowest BCUT2D eigenvalue weighted by molar-refractivity contribution is -0.385. The second-order valence-corrected chi connectivity index (χ2v) is 9.41.